The van der Waals surface area contributed by atoms with Crippen LogP contribution in [0.1, 0.15) is 132 Å². The molecule has 30 atom stereocenters. The number of ether oxygens (including phenoxy) is 9. The highest BCUT2D eigenvalue weighted by molar-refractivity contribution is 5.67. The van der Waals surface area contributed by atoms with Gasteiger partial charge in [-0.1, -0.05) is 60.8 Å². The molecule has 8 aliphatic rings. The van der Waals surface area contributed by atoms with Gasteiger partial charge in [-0.15, -0.1) is 0 Å². The minimum absolute atomic E-state index is 0.1000. The summed E-state index contributed by atoms with van der Waals surface area (Å²) in [7, 11) is 0. The van der Waals surface area contributed by atoms with E-state index >= 15 is 0 Å². The predicted molar refractivity (Wildman–Crippen MR) is 275 cm³/mol. The van der Waals surface area contributed by atoms with E-state index in [0.29, 0.717) is 23.2 Å². The van der Waals surface area contributed by atoms with Crippen LogP contribution in [-0.2, 0) is 42.6 Å². The number of aliphatic hydroxyl groups excluding tert-OH is 11. The molecule has 4 saturated heterocycles. The molecule has 0 bridgehead atoms. The first-order valence-electron chi connectivity index (χ1n) is 29.4. The van der Waals surface area contributed by atoms with Gasteiger partial charge in [0.25, 0.3) is 0 Å². The Hall–Kier alpha value is -1.49. The molecule has 452 valence electrons. The minimum Gasteiger partial charge on any atom is -0.446 e. The Morgan fingerprint density at radius 1 is 0.577 bits per heavy atom. The van der Waals surface area contributed by atoms with E-state index in [4.69, 9.17) is 42.6 Å². The number of carbonyl (C=O) groups excluding carboxylic acids is 1. The number of aliphatic hydroxyl groups is 11. The van der Waals surface area contributed by atoms with Crippen molar-refractivity contribution in [2.75, 3.05) is 26.4 Å². The molecule has 4 aliphatic carbocycles. The van der Waals surface area contributed by atoms with Crippen LogP contribution in [-0.4, -0.2) is 218 Å². The number of amides is 1. The summed E-state index contributed by atoms with van der Waals surface area (Å²) in [5.41, 5.74) is 0.629. The van der Waals surface area contributed by atoms with Crippen molar-refractivity contribution in [3.8, 4) is 0 Å². The van der Waals surface area contributed by atoms with Gasteiger partial charge in [-0.2, -0.15) is 0 Å². The Kier molecular flexibility index (Phi) is 21.0. The van der Waals surface area contributed by atoms with E-state index in [-0.39, 0.29) is 31.1 Å². The number of hydrogen-bond acceptors (Lipinski definition) is 21. The number of carbonyl (C=O) groups is 1. The van der Waals surface area contributed by atoms with Gasteiger partial charge in [0.2, 0.25) is 0 Å². The molecule has 4 aliphatic heterocycles. The third kappa shape index (κ3) is 12.8. The summed E-state index contributed by atoms with van der Waals surface area (Å²) >= 11 is 0. The van der Waals surface area contributed by atoms with Crippen molar-refractivity contribution in [2.24, 2.45) is 58.2 Å². The van der Waals surface area contributed by atoms with Crippen LogP contribution in [0.5, 0.6) is 0 Å². The van der Waals surface area contributed by atoms with Gasteiger partial charge < -0.3 is 104 Å². The summed E-state index contributed by atoms with van der Waals surface area (Å²) in [5, 5.41) is 121. The Balaban J connectivity index is 0.866. The van der Waals surface area contributed by atoms with E-state index in [0.717, 1.165) is 48.9 Å². The van der Waals surface area contributed by atoms with Crippen molar-refractivity contribution < 1.29 is 104 Å². The molecule has 8 fully saturated rings. The van der Waals surface area contributed by atoms with Gasteiger partial charge in [0.15, 0.2) is 25.2 Å². The molecule has 78 heavy (non-hydrogen) atoms. The van der Waals surface area contributed by atoms with Crippen LogP contribution >= 0.6 is 0 Å². The van der Waals surface area contributed by atoms with Gasteiger partial charge in [-0.25, -0.2) is 4.79 Å². The SMILES string of the molecule is CC(C)CCCC(C)C1CCC2C3CC(C)C4CC(OC(=O)NCCCOC5OC(CO)[C@@H](O[C@@H]6OC(CO)[C@@H](O)C(O)C6O[C@@H]6OC(C)[C@H](O)C(O)C6O)C(OC6O[C@@H](C)C(O)C(O)[C@H]6O)C5O)CC[C@]4(C)C3CC[C@]12C. The van der Waals surface area contributed by atoms with Gasteiger partial charge >= 0.3 is 6.09 Å². The topological polar surface area (TPSA) is 335 Å². The van der Waals surface area contributed by atoms with Crippen molar-refractivity contribution in [2.45, 2.75) is 261 Å². The lowest BCUT2D eigenvalue weighted by Gasteiger charge is -2.63. The molecule has 0 aromatic carbocycles. The second-order valence-electron chi connectivity index (χ2n) is 25.8. The van der Waals surface area contributed by atoms with E-state index in [9.17, 15) is 61.0 Å². The highest BCUT2D eigenvalue weighted by Gasteiger charge is 2.63. The molecule has 1 amide bonds. The Bertz CT molecular complexity index is 1910. The van der Waals surface area contributed by atoms with E-state index < -0.39 is 142 Å². The number of alkyl carbamates (subject to hydrolysis) is 1. The van der Waals surface area contributed by atoms with Gasteiger partial charge in [0.1, 0.15) is 91.6 Å². The molecule has 12 N–H and O–H groups in total. The molecule has 4 heterocycles. The van der Waals surface area contributed by atoms with Crippen LogP contribution < -0.4 is 5.32 Å². The quantitative estimate of drug-likeness (QED) is 0.0808. The van der Waals surface area contributed by atoms with Crippen LogP contribution in [0.3, 0.4) is 0 Å². The van der Waals surface area contributed by atoms with Gasteiger partial charge in [-0.3, -0.25) is 0 Å². The Morgan fingerprint density at radius 2 is 1.17 bits per heavy atom. The van der Waals surface area contributed by atoms with Crippen molar-refractivity contribution >= 4 is 6.09 Å². The largest absolute Gasteiger partial charge is 0.446 e. The number of nitrogens with one attached hydrogen (secondary N) is 1. The highest BCUT2D eigenvalue weighted by Crippen LogP contribution is 2.69. The third-order valence-corrected chi connectivity index (χ3v) is 20.4. The van der Waals surface area contributed by atoms with Crippen LogP contribution in [0, 0.1) is 58.2 Å². The fraction of sp³-hybridized carbons (Fsp3) is 0.982. The zero-order valence-corrected chi connectivity index (χ0v) is 47.1. The average Bonchev–Trinajstić information content (AvgIpc) is 3.95. The molecule has 22 heteroatoms. The molecule has 8 rings (SSSR count). The first-order valence-corrected chi connectivity index (χ1v) is 29.4. The van der Waals surface area contributed by atoms with Crippen LogP contribution in [0.4, 0.5) is 4.79 Å². The van der Waals surface area contributed by atoms with E-state index in [1.54, 1.807) is 0 Å². The summed E-state index contributed by atoms with van der Waals surface area (Å²) in [6.45, 7) is 15.9. The summed E-state index contributed by atoms with van der Waals surface area (Å²) in [6.07, 6.45) is -20.4. The molecular weight excluding hydrogens is 1020 g/mol. The molecule has 22 nitrogen and oxygen atoms in total. The van der Waals surface area contributed by atoms with Gasteiger partial charge in [0, 0.05) is 6.54 Å². The summed E-state index contributed by atoms with van der Waals surface area (Å²) in [4.78, 5) is 13.3. The van der Waals surface area contributed by atoms with Crippen molar-refractivity contribution in [1.29, 1.82) is 0 Å². The Labute approximate surface area is 459 Å². The highest BCUT2D eigenvalue weighted by atomic mass is 16.8. The number of hydrogen-bond donors (Lipinski definition) is 12. The maximum Gasteiger partial charge on any atom is 0.407 e. The van der Waals surface area contributed by atoms with Gasteiger partial charge in [0.05, 0.1) is 32.0 Å². The standard InChI is InChI=1S/C56H97NO21/c1-25(2)11-9-12-26(3)32-13-14-33-31-21-27(4)35-22-30(15-17-56(35,8)34(31)16-18-55(32,33)7)73-54(69)57-19-10-20-70-50-46(68)48(77-51-44(66)41(63)38(60)28(5)71-51)47(37(24-59)75-50)76-53-49(43(65)40(62)36(23-58)74-53)78-52-45(67)42(64)39(61)29(6)72-52/h25-53,58-68H,9-24H2,1-8H3,(H,57,69)/t26?,27?,28-,29?,30?,31?,32?,33?,34?,35?,36?,37?,38?,39-,40+,41?,42?,43?,44+,45?,46?,47+,48?,49?,50?,51?,52-,53-,55+,56+/m0/s1. The molecular formula is C56H97NO21. The summed E-state index contributed by atoms with van der Waals surface area (Å²) < 4.78 is 53.4. The number of fused-ring (bicyclic) bond motifs is 5. The number of rotatable bonds is 19. The van der Waals surface area contributed by atoms with E-state index in [1.165, 1.54) is 65.2 Å². The maximum absolute atomic E-state index is 13.3. The predicted octanol–water partition coefficient (Wildman–Crippen LogP) is 1.18. The summed E-state index contributed by atoms with van der Waals surface area (Å²) in [6, 6.07) is 0. The zero-order chi connectivity index (χ0) is 56.7. The zero-order valence-electron chi connectivity index (χ0n) is 47.1. The fourth-order valence-corrected chi connectivity index (χ4v) is 16.0. The average molecular weight is 1120 g/mol. The second-order valence-corrected chi connectivity index (χ2v) is 25.8. The molecule has 0 aromatic rings. The third-order valence-electron chi connectivity index (χ3n) is 20.4. The van der Waals surface area contributed by atoms with E-state index in [1.807, 2.05) is 0 Å². The van der Waals surface area contributed by atoms with Crippen molar-refractivity contribution in [3.63, 3.8) is 0 Å². The fourth-order valence-electron chi connectivity index (χ4n) is 16.0. The first-order chi connectivity index (χ1) is 36.9. The molecule has 21 unspecified atom stereocenters. The van der Waals surface area contributed by atoms with Crippen molar-refractivity contribution in [3.05, 3.63) is 0 Å². The molecule has 0 spiro atoms. The maximum atomic E-state index is 13.3. The Morgan fingerprint density at radius 3 is 1.79 bits per heavy atom. The lowest BCUT2D eigenvalue weighted by atomic mass is 9.42. The summed E-state index contributed by atoms with van der Waals surface area (Å²) in [5.74, 6) is 5.55. The lowest BCUT2D eigenvalue weighted by molar-refractivity contribution is -0.400. The van der Waals surface area contributed by atoms with Crippen LogP contribution in [0.2, 0.25) is 0 Å². The van der Waals surface area contributed by atoms with Crippen LogP contribution in [0.25, 0.3) is 0 Å². The monoisotopic (exact) mass is 1120 g/mol. The lowest BCUT2D eigenvalue weighted by Crippen LogP contribution is -2.68. The molecule has 4 saturated carbocycles. The molecule has 0 radical (unpaired) electrons. The van der Waals surface area contributed by atoms with Gasteiger partial charge in [-0.05, 0) is 130 Å². The first kappa shape index (κ1) is 62.6. The minimum atomic E-state index is -1.93. The molecule has 0 aromatic heterocycles. The normalized spacial score (nSPS) is 50.1. The van der Waals surface area contributed by atoms with E-state index in [2.05, 4.69) is 46.9 Å². The smallest absolute Gasteiger partial charge is 0.407 e. The van der Waals surface area contributed by atoms with Crippen molar-refractivity contribution in [1.82, 2.24) is 5.32 Å². The second kappa shape index (κ2) is 26.2. The van der Waals surface area contributed by atoms with Crippen LogP contribution in [0.15, 0.2) is 0 Å².